The Morgan fingerprint density at radius 2 is 2.18 bits per heavy atom. The van der Waals surface area contributed by atoms with Crippen LogP contribution in [0.5, 0.6) is 5.75 Å². The van der Waals surface area contributed by atoms with Gasteiger partial charge in [-0.2, -0.15) is 11.3 Å². The smallest absolute Gasteiger partial charge is 0.319 e. The van der Waals surface area contributed by atoms with E-state index >= 15 is 0 Å². The summed E-state index contributed by atoms with van der Waals surface area (Å²) in [6.07, 6.45) is -0.866. The number of ether oxygens (including phenoxy) is 1. The van der Waals surface area contributed by atoms with Crippen LogP contribution in [0.25, 0.3) is 0 Å². The van der Waals surface area contributed by atoms with Crippen LogP contribution in [0.1, 0.15) is 11.7 Å². The number of carbonyl (C=O) groups excluding carboxylic acids is 1. The van der Waals surface area contributed by atoms with Gasteiger partial charge in [0.2, 0.25) is 0 Å². The van der Waals surface area contributed by atoms with Gasteiger partial charge in [0, 0.05) is 18.7 Å². The van der Waals surface area contributed by atoms with Gasteiger partial charge in [-0.25, -0.2) is 13.6 Å². The summed E-state index contributed by atoms with van der Waals surface area (Å²) < 4.78 is 31.8. The number of thiophene rings is 1. The predicted octanol–water partition coefficient (Wildman–Crippen LogP) is 2.89. The summed E-state index contributed by atoms with van der Waals surface area (Å²) >= 11 is 1.42. The highest BCUT2D eigenvalue weighted by molar-refractivity contribution is 7.07. The van der Waals surface area contributed by atoms with Crippen molar-refractivity contribution >= 4 is 23.1 Å². The molecule has 0 saturated carbocycles. The molecule has 1 unspecified atom stereocenters. The van der Waals surface area contributed by atoms with Crippen LogP contribution in [0.4, 0.5) is 19.3 Å². The zero-order chi connectivity index (χ0) is 16.1. The van der Waals surface area contributed by atoms with Gasteiger partial charge in [-0.05, 0) is 22.4 Å². The summed E-state index contributed by atoms with van der Waals surface area (Å²) in [4.78, 5) is 11.7. The van der Waals surface area contributed by atoms with Gasteiger partial charge in [-0.1, -0.05) is 0 Å². The second kappa shape index (κ2) is 7.19. The summed E-state index contributed by atoms with van der Waals surface area (Å²) in [5.74, 6) is -1.87. The van der Waals surface area contributed by atoms with E-state index in [2.05, 4.69) is 15.4 Å². The molecule has 2 amide bonds. The van der Waals surface area contributed by atoms with Crippen LogP contribution < -0.4 is 15.4 Å². The molecule has 0 aliphatic heterocycles. The van der Waals surface area contributed by atoms with Crippen molar-refractivity contribution in [2.75, 3.05) is 19.0 Å². The number of anilines is 1. The molecule has 1 heterocycles. The molecule has 0 radical (unpaired) electrons. The fourth-order valence-corrected chi connectivity index (χ4v) is 2.43. The number of rotatable bonds is 5. The Morgan fingerprint density at radius 1 is 1.41 bits per heavy atom. The predicted molar refractivity (Wildman–Crippen MR) is 79.2 cm³/mol. The van der Waals surface area contributed by atoms with Gasteiger partial charge in [0.05, 0.1) is 18.9 Å². The molecule has 0 fully saturated rings. The molecule has 1 aromatic heterocycles. The molecular weight excluding hydrogens is 314 g/mol. The monoisotopic (exact) mass is 328 g/mol. The maximum atomic E-state index is 13.7. The third-order valence-corrected chi connectivity index (χ3v) is 3.58. The van der Waals surface area contributed by atoms with Crippen molar-refractivity contribution < 1.29 is 23.4 Å². The second-order valence-corrected chi connectivity index (χ2v) is 5.15. The number of hydrogen-bond donors (Lipinski definition) is 3. The zero-order valence-electron chi connectivity index (χ0n) is 11.6. The first kappa shape index (κ1) is 16.2. The molecule has 5 nitrogen and oxygen atoms in total. The molecule has 0 saturated heterocycles. The van der Waals surface area contributed by atoms with Crippen LogP contribution in [0, 0.1) is 11.6 Å². The van der Waals surface area contributed by atoms with E-state index in [1.54, 1.807) is 16.8 Å². The molecule has 118 valence electrons. The van der Waals surface area contributed by atoms with Crippen LogP contribution in [0.15, 0.2) is 29.0 Å². The second-order valence-electron chi connectivity index (χ2n) is 4.37. The van der Waals surface area contributed by atoms with Crippen molar-refractivity contribution in [3.05, 3.63) is 46.2 Å². The first-order valence-electron chi connectivity index (χ1n) is 6.29. The Balaban J connectivity index is 1.93. The third-order valence-electron chi connectivity index (χ3n) is 2.87. The first-order valence-corrected chi connectivity index (χ1v) is 7.23. The largest absolute Gasteiger partial charge is 0.494 e. The zero-order valence-corrected chi connectivity index (χ0v) is 12.4. The van der Waals surface area contributed by atoms with E-state index in [1.807, 2.05) is 0 Å². The Hall–Kier alpha value is -2.19. The van der Waals surface area contributed by atoms with Crippen molar-refractivity contribution in [1.29, 1.82) is 0 Å². The maximum absolute atomic E-state index is 13.7. The Morgan fingerprint density at radius 3 is 2.82 bits per heavy atom. The maximum Gasteiger partial charge on any atom is 0.319 e. The van der Waals surface area contributed by atoms with Crippen molar-refractivity contribution in [3.8, 4) is 5.75 Å². The normalized spacial score (nSPS) is 11.8. The van der Waals surface area contributed by atoms with Crippen LogP contribution in [0.3, 0.4) is 0 Å². The van der Waals surface area contributed by atoms with Crippen molar-refractivity contribution in [2.24, 2.45) is 0 Å². The fraction of sp³-hybridized carbons (Fsp3) is 0.214. The first-order chi connectivity index (χ1) is 10.5. The minimum atomic E-state index is -0.866. The minimum absolute atomic E-state index is 0.0528. The fourth-order valence-electron chi connectivity index (χ4n) is 1.72. The Kier molecular flexibility index (Phi) is 5.29. The molecule has 0 bridgehead atoms. The molecule has 0 aliphatic rings. The number of aliphatic hydroxyl groups excluding tert-OH is 1. The van der Waals surface area contributed by atoms with E-state index in [4.69, 9.17) is 0 Å². The number of methoxy groups -OCH3 is 1. The van der Waals surface area contributed by atoms with E-state index < -0.39 is 23.8 Å². The molecular formula is C14H14F2N2O3S. The van der Waals surface area contributed by atoms with E-state index in [0.717, 1.165) is 12.1 Å². The standard InChI is InChI=1S/C14H14F2N2O3S/c1-21-13-5-9(15)11(4-10(13)16)18-14(20)17-6-12(19)8-2-3-22-7-8/h2-5,7,12,19H,6H2,1H3,(H2,17,18,20). The van der Waals surface area contributed by atoms with Crippen molar-refractivity contribution in [1.82, 2.24) is 5.32 Å². The molecule has 1 aromatic carbocycles. The van der Waals surface area contributed by atoms with Crippen LogP contribution in [-0.2, 0) is 0 Å². The highest BCUT2D eigenvalue weighted by atomic mass is 32.1. The Bertz CT molecular complexity index is 650. The molecule has 1 atom stereocenters. The number of hydrogen-bond acceptors (Lipinski definition) is 4. The van der Waals surface area contributed by atoms with Gasteiger partial charge in [0.1, 0.15) is 0 Å². The van der Waals surface area contributed by atoms with Gasteiger partial charge in [0.25, 0.3) is 0 Å². The molecule has 3 N–H and O–H groups in total. The lowest BCUT2D eigenvalue weighted by atomic mass is 10.2. The lowest BCUT2D eigenvalue weighted by Gasteiger charge is -2.12. The summed E-state index contributed by atoms with van der Waals surface area (Å²) in [7, 11) is 1.21. The molecule has 2 aromatic rings. The van der Waals surface area contributed by atoms with Crippen molar-refractivity contribution in [2.45, 2.75) is 6.10 Å². The van der Waals surface area contributed by atoms with E-state index in [1.165, 1.54) is 18.4 Å². The van der Waals surface area contributed by atoms with Crippen LogP contribution in [-0.4, -0.2) is 24.8 Å². The van der Waals surface area contributed by atoms with Crippen LogP contribution >= 0.6 is 11.3 Å². The van der Waals surface area contributed by atoms with Gasteiger partial charge < -0.3 is 20.5 Å². The van der Waals surface area contributed by atoms with Crippen LogP contribution in [0.2, 0.25) is 0 Å². The number of aliphatic hydroxyl groups is 1. The number of halogens is 2. The number of carbonyl (C=O) groups is 1. The average molecular weight is 328 g/mol. The summed E-state index contributed by atoms with van der Waals surface area (Å²) in [6.45, 7) is -0.0528. The molecule has 22 heavy (non-hydrogen) atoms. The van der Waals surface area contributed by atoms with E-state index in [9.17, 15) is 18.7 Å². The highest BCUT2D eigenvalue weighted by Gasteiger charge is 2.14. The number of urea groups is 1. The number of amides is 2. The lowest BCUT2D eigenvalue weighted by molar-refractivity contribution is 0.175. The number of nitrogens with one attached hydrogen (secondary N) is 2. The molecule has 2 rings (SSSR count). The summed E-state index contributed by atoms with van der Waals surface area (Å²) in [5.41, 5.74) is 0.354. The Labute approximate surface area is 129 Å². The summed E-state index contributed by atoms with van der Waals surface area (Å²) in [6, 6.07) is 2.64. The van der Waals surface area contributed by atoms with Gasteiger partial charge >= 0.3 is 6.03 Å². The lowest BCUT2D eigenvalue weighted by Crippen LogP contribution is -2.32. The third kappa shape index (κ3) is 3.92. The average Bonchev–Trinajstić information content (AvgIpc) is 3.02. The van der Waals surface area contributed by atoms with Gasteiger partial charge in [0.15, 0.2) is 17.4 Å². The highest BCUT2D eigenvalue weighted by Crippen LogP contribution is 2.24. The van der Waals surface area contributed by atoms with Gasteiger partial charge in [-0.15, -0.1) is 0 Å². The van der Waals surface area contributed by atoms with E-state index in [0.29, 0.717) is 5.56 Å². The molecule has 0 aliphatic carbocycles. The van der Waals surface area contributed by atoms with Crippen molar-refractivity contribution in [3.63, 3.8) is 0 Å². The van der Waals surface area contributed by atoms with Gasteiger partial charge in [-0.3, -0.25) is 0 Å². The summed E-state index contributed by atoms with van der Waals surface area (Å²) in [5, 5.41) is 17.9. The number of benzene rings is 1. The molecule has 8 heteroatoms. The molecule has 0 spiro atoms. The quantitative estimate of drug-likeness (QED) is 0.790. The minimum Gasteiger partial charge on any atom is -0.494 e. The topological polar surface area (TPSA) is 70.6 Å². The van der Waals surface area contributed by atoms with E-state index in [-0.39, 0.29) is 18.0 Å². The SMILES string of the molecule is COc1cc(F)c(NC(=O)NCC(O)c2ccsc2)cc1F.